The third-order valence-electron chi connectivity index (χ3n) is 9.07. The quantitative estimate of drug-likeness (QED) is 0.189. The van der Waals surface area contributed by atoms with Crippen LogP contribution in [0.2, 0.25) is 0 Å². The van der Waals surface area contributed by atoms with E-state index < -0.39 is 22.7 Å². The Balaban J connectivity index is 1.94. The molecule has 4 nitrogen and oxygen atoms in total. The van der Waals surface area contributed by atoms with Crippen LogP contribution in [0.4, 0.5) is 0 Å². The number of allylic oxidation sites excluding steroid dienone is 18. The Morgan fingerprint density at radius 1 is 0.636 bits per heavy atom. The highest BCUT2D eigenvalue weighted by Crippen LogP contribution is 2.50. The van der Waals surface area contributed by atoms with Crippen LogP contribution in [0.1, 0.15) is 94.9 Å². The highest BCUT2D eigenvalue weighted by Gasteiger charge is 2.58. The molecule has 0 spiro atoms. The van der Waals surface area contributed by atoms with Gasteiger partial charge in [-0.3, -0.25) is 0 Å². The summed E-state index contributed by atoms with van der Waals surface area (Å²) < 4.78 is 0. The van der Waals surface area contributed by atoms with Gasteiger partial charge < -0.3 is 20.4 Å². The average molecular weight is 603 g/mol. The number of hydrogen-bond acceptors (Lipinski definition) is 4. The molecular weight excluding hydrogens is 544 g/mol. The molecule has 4 heteroatoms. The molecule has 0 aliphatic heterocycles. The summed E-state index contributed by atoms with van der Waals surface area (Å²) in [6.07, 6.45) is 29.6. The molecule has 0 heterocycles. The van der Waals surface area contributed by atoms with Gasteiger partial charge in [0, 0.05) is 11.8 Å². The number of hydrogen-bond donors (Lipinski definition) is 4. The second-order valence-electron chi connectivity index (χ2n) is 14.5. The van der Waals surface area contributed by atoms with Crippen molar-refractivity contribution in [3.63, 3.8) is 0 Å². The number of aliphatic hydroxyl groups excluding tert-OH is 2. The molecule has 0 bridgehead atoms. The molecular formula is C40H58O4. The van der Waals surface area contributed by atoms with Gasteiger partial charge in [0.25, 0.3) is 0 Å². The van der Waals surface area contributed by atoms with Gasteiger partial charge in [0.15, 0.2) is 0 Å². The van der Waals surface area contributed by atoms with E-state index in [4.69, 9.17) is 0 Å². The fourth-order valence-electron chi connectivity index (χ4n) is 6.55. The first-order chi connectivity index (χ1) is 20.3. The minimum atomic E-state index is -1.44. The van der Waals surface area contributed by atoms with E-state index in [0.29, 0.717) is 6.42 Å². The molecule has 0 saturated heterocycles. The third-order valence-corrected chi connectivity index (χ3v) is 9.07. The fraction of sp³-hybridized carbons (Fsp3) is 0.500. The minimum Gasteiger partial charge on any atom is -0.393 e. The van der Waals surface area contributed by atoms with Crippen LogP contribution in [0, 0.1) is 10.8 Å². The maximum atomic E-state index is 11.4. The Morgan fingerprint density at radius 3 is 1.61 bits per heavy atom. The lowest BCUT2D eigenvalue weighted by Gasteiger charge is -2.54. The van der Waals surface area contributed by atoms with Gasteiger partial charge in [0.2, 0.25) is 0 Å². The first-order valence-electron chi connectivity index (χ1n) is 15.9. The maximum Gasteiger partial charge on any atom is 0.117 e. The Kier molecular flexibility index (Phi) is 13.2. The lowest BCUT2D eigenvalue weighted by Crippen LogP contribution is -2.65. The van der Waals surface area contributed by atoms with Crippen molar-refractivity contribution in [1.82, 2.24) is 0 Å². The van der Waals surface area contributed by atoms with Crippen molar-refractivity contribution in [3.8, 4) is 0 Å². The van der Waals surface area contributed by atoms with E-state index in [2.05, 4.69) is 77.2 Å². The molecule has 4 atom stereocenters. The van der Waals surface area contributed by atoms with Crippen molar-refractivity contribution in [2.24, 2.45) is 10.8 Å². The summed E-state index contributed by atoms with van der Waals surface area (Å²) in [6.45, 7) is 20.1. The molecule has 44 heavy (non-hydrogen) atoms. The highest BCUT2D eigenvalue weighted by molar-refractivity contribution is 5.38. The van der Waals surface area contributed by atoms with Crippen molar-refractivity contribution >= 4 is 0 Å². The molecule has 0 amide bonds. The van der Waals surface area contributed by atoms with Crippen LogP contribution in [0.25, 0.3) is 0 Å². The van der Waals surface area contributed by atoms with E-state index in [-0.39, 0.29) is 17.9 Å². The summed E-state index contributed by atoms with van der Waals surface area (Å²) in [4.78, 5) is 0. The molecule has 242 valence electrons. The van der Waals surface area contributed by atoms with Crippen molar-refractivity contribution in [3.05, 3.63) is 119 Å². The van der Waals surface area contributed by atoms with E-state index in [0.717, 1.165) is 29.6 Å². The van der Waals surface area contributed by atoms with Gasteiger partial charge in [-0.15, -0.1) is 0 Å². The summed E-state index contributed by atoms with van der Waals surface area (Å²) in [7, 11) is 0. The monoisotopic (exact) mass is 602 g/mol. The molecule has 0 aromatic carbocycles. The Bertz CT molecular complexity index is 1300. The average Bonchev–Trinajstić information content (AvgIpc) is 2.87. The zero-order valence-corrected chi connectivity index (χ0v) is 28.9. The van der Waals surface area contributed by atoms with Gasteiger partial charge in [-0.25, -0.2) is 0 Å². The Morgan fingerprint density at radius 2 is 1.11 bits per heavy atom. The van der Waals surface area contributed by atoms with Crippen molar-refractivity contribution in [2.75, 3.05) is 0 Å². The van der Waals surface area contributed by atoms with E-state index in [1.807, 2.05) is 64.2 Å². The molecule has 4 N–H and O–H groups in total. The molecule has 0 aromatic rings. The third kappa shape index (κ3) is 10.4. The van der Waals surface area contributed by atoms with Gasteiger partial charge in [0.1, 0.15) is 5.60 Å². The summed E-state index contributed by atoms with van der Waals surface area (Å²) in [5, 5.41) is 42.6. The summed E-state index contributed by atoms with van der Waals surface area (Å²) >= 11 is 0. The van der Waals surface area contributed by atoms with Crippen LogP contribution in [0.3, 0.4) is 0 Å². The van der Waals surface area contributed by atoms with Crippen LogP contribution >= 0.6 is 0 Å². The van der Waals surface area contributed by atoms with Crippen molar-refractivity contribution < 1.29 is 20.4 Å². The molecule has 0 aromatic heterocycles. The van der Waals surface area contributed by atoms with Crippen LogP contribution in [-0.2, 0) is 0 Å². The maximum absolute atomic E-state index is 11.4. The smallest absolute Gasteiger partial charge is 0.117 e. The minimum absolute atomic E-state index is 0.0115. The normalized spacial score (nSPS) is 31.1. The lowest BCUT2D eigenvalue weighted by molar-refractivity contribution is -0.216. The lowest BCUT2D eigenvalue weighted by atomic mass is 9.57. The Labute approximate surface area is 267 Å². The first kappa shape index (κ1) is 37.4. The van der Waals surface area contributed by atoms with E-state index in [1.165, 1.54) is 16.7 Å². The van der Waals surface area contributed by atoms with Crippen LogP contribution < -0.4 is 0 Å². The van der Waals surface area contributed by atoms with Gasteiger partial charge in [-0.05, 0) is 77.9 Å². The van der Waals surface area contributed by atoms with Crippen molar-refractivity contribution in [1.29, 1.82) is 0 Å². The summed E-state index contributed by atoms with van der Waals surface area (Å²) in [5.74, 6) is 0. The van der Waals surface area contributed by atoms with Crippen LogP contribution in [0.15, 0.2) is 119 Å². The van der Waals surface area contributed by atoms with E-state index in [1.54, 1.807) is 13.0 Å². The Hall–Kier alpha value is -2.76. The fourth-order valence-corrected chi connectivity index (χ4v) is 6.55. The zero-order chi connectivity index (χ0) is 33.3. The topological polar surface area (TPSA) is 80.9 Å². The second-order valence-corrected chi connectivity index (χ2v) is 14.5. The van der Waals surface area contributed by atoms with Gasteiger partial charge in [-0.2, -0.15) is 0 Å². The standard InChI is InChI=1S/C40H58O4/c1-29(17-13-19-31(3)21-22-36-33(5)25-34(41)26-37(36,6)7)15-11-12-16-30(2)18-14-20-32(4)23-24-40(44)38(8,9)27-35(42)28-39(40,10)43/h11-24,34-35,41-44H,25-28H2,1-10H3/b12-11+,17-13+,18-14+,22-21+,24-23+,29-15+,30-16-,31-19+,32-20-/t34-,35+,39+,40+/m1/s1. The summed E-state index contributed by atoms with van der Waals surface area (Å²) in [6, 6.07) is 0. The number of aliphatic hydroxyl groups is 4. The SMILES string of the molecule is CC1=C(/C=C/C(C)=C/C=C/C(C)=C/C=C/C=C(C)\C=C\C=C(C)/C=C/[C@]2(O)C(C)(C)C[C@H](O)C[C@]2(C)O)C(C)(C)C[C@H](O)C1. The molecule has 1 saturated carbocycles. The largest absolute Gasteiger partial charge is 0.393 e. The highest BCUT2D eigenvalue weighted by atomic mass is 16.4. The molecule has 2 aliphatic rings. The first-order valence-corrected chi connectivity index (χ1v) is 15.9. The van der Waals surface area contributed by atoms with Gasteiger partial charge in [0.05, 0.1) is 17.8 Å². The van der Waals surface area contributed by atoms with Crippen LogP contribution in [0.5, 0.6) is 0 Å². The molecule has 1 fully saturated rings. The van der Waals surface area contributed by atoms with Crippen molar-refractivity contribution in [2.45, 2.75) is 118 Å². The van der Waals surface area contributed by atoms with Crippen LogP contribution in [-0.4, -0.2) is 43.8 Å². The molecule has 0 radical (unpaired) electrons. The molecule has 0 unspecified atom stereocenters. The zero-order valence-electron chi connectivity index (χ0n) is 28.9. The predicted octanol–water partition coefficient (Wildman–Crippen LogP) is 8.71. The predicted molar refractivity (Wildman–Crippen MR) is 187 cm³/mol. The summed E-state index contributed by atoms with van der Waals surface area (Å²) in [5.41, 5.74) is 3.44. The number of rotatable bonds is 10. The van der Waals surface area contributed by atoms with Gasteiger partial charge >= 0.3 is 0 Å². The second kappa shape index (κ2) is 15.5. The molecule has 2 rings (SSSR count). The van der Waals surface area contributed by atoms with E-state index in [9.17, 15) is 20.4 Å². The van der Waals surface area contributed by atoms with Gasteiger partial charge in [-0.1, -0.05) is 135 Å². The molecule has 2 aliphatic carbocycles. The van der Waals surface area contributed by atoms with E-state index >= 15 is 0 Å².